The molecule has 0 saturated carbocycles. The van der Waals surface area contributed by atoms with Crippen molar-refractivity contribution in [1.82, 2.24) is 10.2 Å². The fraction of sp³-hybridized carbons (Fsp3) is 0.391. The zero-order valence-corrected chi connectivity index (χ0v) is 18.9. The van der Waals surface area contributed by atoms with Gasteiger partial charge < -0.3 is 15.0 Å². The van der Waals surface area contributed by atoms with Crippen LogP contribution in [0.25, 0.3) is 0 Å². The van der Waals surface area contributed by atoms with E-state index in [1.807, 2.05) is 19.1 Å². The number of benzene rings is 2. The number of carbonyl (C=O) groups excluding carboxylic acids is 2. The predicted octanol–water partition coefficient (Wildman–Crippen LogP) is 5.10. The Hall–Kier alpha value is -2.24. The zero-order valence-electron chi connectivity index (χ0n) is 17.4. The Bertz CT molecular complexity index is 810. The summed E-state index contributed by atoms with van der Waals surface area (Å²) in [4.78, 5) is 27.4. The van der Waals surface area contributed by atoms with Crippen LogP contribution in [0.15, 0.2) is 48.5 Å². The zero-order chi connectivity index (χ0) is 21.9. The quantitative estimate of drug-likeness (QED) is 0.484. The maximum atomic E-state index is 13.1. The third-order valence-corrected chi connectivity index (χ3v) is 5.16. The third kappa shape index (κ3) is 7.54. The second-order valence-corrected chi connectivity index (χ2v) is 7.83. The topological polar surface area (TPSA) is 58.6 Å². The summed E-state index contributed by atoms with van der Waals surface area (Å²) < 4.78 is 5.63. The van der Waals surface area contributed by atoms with Gasteiger partial charge in [0.2, 0.25) is 5.91 Å². The highest BCUT2D eigenvalue weighted by molar-refractivity contribution is 6.30. The molecule has 1 atom stereocenters. The molecule has 2 amide bonds. The van der Waals surface area contributed by atoms with Crippen molar-refractivity contribution in [2.75, 3.05) is 13.2 Å². The molecular weight excluding hydrogens is 423 g/mol. The fourth-order valence-corrected chi connectivity index (χ4v) is 3.22. The van der Waals surface area contributed by atoms with Gasteiger partial charge in [0.25, 0.3) is 5.91 Å². The van der Waals surface area contributed by atoms with Gasteiger partial charge in [-0.05, 0) is 54.8 Å². The molecule has 0 aliphatic carbocycles. The number of amides is 2. The van der Waals surface area contributed by atoms with Crippen molar-refractivity contribution < 1.29 is 14.3 Å². The molecule has 0 radical (unpaired) electrons. The van der Waals surface area contributed by atoms with Crippen LogP contribution in [-0.2, 0) is 16.1 Å². The van der Waals surface area contributed by atoms with Crippen LogP contribution in [0.5, 0.6) is 5.75 Å². The molecule has 7 heteroatoms. The van der Waals surface area contributed by atoms with E-state index in [0.29, 0.717) is 35.3 Å². The van der Waals surface area contributed by atoms with Gasteiger partial charge in [0.15, 0.2) is 6.61 Å². The highest BCUT2D eigenvalue weighted by Crippen LogP contribution is 2.18. The number of unbranched alkanes of at least 4 members (excludes halogenated alkanes) is 1. The van der Waals surface area contributed by atoms with Gasteiger partial charge in [-0.1, -0.05) is 55.6 Å². The molecule has 0 aliphatic heterocycles. The van der Waals surface area contributed by atoms with Crippen molar-refractivity contribution in [2.24, 2.45) is 0 Å². The number of rotatable bonds is 11. The van der Waals surface area contributed by atoms with Crippen LogP contribution in [0.2, 0.25) is 10.0 Å². The van der Waals surface area contributed by atoms with Crippen molar-refractivity contribution in [3.8, 4) is 5.75 Å². The summed E-state index contributed by atoms with van der Waals surface area (Å²) in [6.45, 7) is 4.67. The summed E-state index contributed by atoms with van der Waals surface area (Å²) in [7, 11) is 0. The molecular formula is C23H28Cl2N2O3. The Kier molecular flexibility index (Phi) is 9.98. The normalized spacial score (nSPS) is 11.6. The average molecular weight is 451 g/mol. The van der Waals surface area contributed by atoms with E-state index in [1.54, 1.807) is 41.3 Å². The number of halogens is 2. The Labute approximate surface area is 188 Å². The molecule has 2 rings (SSSR count). The standard InChI is InChI=1S/C23H28Cl2N2O3/c1-3-5-14-26-23(29)21(4-2)27(15-17-6-8-18(24)9-7-17)22(28)16-30-20-12-10-19(25)11-13-20/h6-13,21H,3-5,14-16H2,1-2H3,(H,26,29)/t21-/m0/s1. The molecule has 1 N–H and O–H groups in total. The minimum atomic E-state index is -0.584. The maximum absolute atomic E-state index is 13.1. The van der Waals surface area contributed by atoms with Gasteiger partial charge in [-0.25, -0.2) is 0 Å². The summed E-state index contributed by atoms with van der Waals surface area (Å²) in [5.41, 5.74) is 0.888. The Morgan fingerprint density at radius 2 is 1.60 bits per heavy atom. The van der Waals surface area contributed by atoms with Crippen molar-refractivity contribution in [3.63, 3.8) is 0 Å². The first-order valence-electron chi connectivity index (χ1n) is 10.1. The summed E-state index contributed by atoms with van der Waals surface area (Å²) in [6, 6.07) is 13.5. The summed E-state index contributed by atoms with van der Waals surface area (Å²) in [5.74, 6) is 0.122. The van der Waals surface area contributed by atoms with Gasteiger partial charge in [0.1, 0.15) is 11.8 Å². The van der Waals surface area contributed by atoms with Crippen molar-refractivity contribution in [2.45, 2.75) is 45.7 Å². The molecule has 30 heavy (non-hydrogen) atoms. The van der Waals surface area contributed by atoms with E-state index in [0.717, 1.165) is 18.4 Å². The van der Waals surface area contributed by atoms with Crippen LogP contribution < -0.4 is 10.1 Å². The van der Waals surface area contributed by atoms with Gasteiger partial charge in [-0.15, -0.1) is 0 Å². The fourth-order valence-electron chi connectivity index (χ4n) is 2.97. The first kappa shape index (κ1) is 24.0. The average Bonchev–Trinajstić information content (AvgIpc) is 2.74. The number of hydrogen-bond donors (Lipinski definition) is 1. The molecule has 162 valence electrons. The number of nitrogens with one attached hydrogen (secondary N) is 1. The summed E-state index contributed by atoms with van der Waals surface area (Å²) in [5, 5.41) is 4.14. The Balaban J connectivity index is 2.15. The largest absolute Gasteiger partial charge is 0.484 e. The highest BCUT2D eigenvalue weighted by atomic mass is 35.5. The highest BCUT2D eigenvalue weighted by Gasteiger charge is 2.28. The lowest BCUT2D eigenvalue weighted by Crippen LogP contribution is -2.50. The minimum Gasteiger partial charge on any atom is -0.484 e. The predicted molar refractivity (Wildman–Crippen MR) is 121 cm³/mol. The monoisotopic (exact) mass is 450 g/mol. The van der Waals surface area contributed by atoms with Crippen molar-refractivity contribution >= 4 is 35.0 Å². The molecule has 0 aromatic heterocycles. The van der Waals surface area contributed by atoms with Crippen LogP contribution in [-0.4, -0.2) is 35.9 Å². The van der Waals surface area contributed by atoms with Crippen LogP contribution in [0.3, 0.4) is 0 Å². The molecule has 2 aromatic rings. The SMILES string of the molecule is CCCCNC(=O)[C@H](CC)N(Cc1ccc(Cl)cc1)C(=O)COc1ccc(Cl)cc1. The molecule has 0 spiro atoms. The molecule has 0 fully saturated rings. The van der Waals surface area contributed by atoms with E-state index in [2.05, 4.69) is 12.2 Å². The summed E-state index contributed by atoms with van der Waals surface area (Å²) in [6.07, 6.45) is 2.38. The van der Waals surface area contributed by atoms with Crippen LogP contribution in [0, 0.1) is 0 Å². The Morgan fingerprint density at radius 3 is 2.17 bits per heavy atom. The lowest BCUT2D eigenvalue weighted by molar-refractivity contribution is -0.143. The van der Waals surface area contributed by atoms with Gasteiger partial charge >= 0.3 is 0 Å². The lowest BCUT2D eigenvalue weighted by Gasteiger charge is -2.30. The number of hydrogen-bond acceptors (Lipinski definition) is 3. The van der Waals surface area contributed by atoms with E-state index in [-0.39, 0.29) is 18.4 Å². The van der Waals surface area contributed by atoms with Crippen molar-refractivity contribution in [3.05, 3.63) is 64.1 Å². The minimum absolute atomic E-state index is 0.153. The maximum Gasteiger partial charge on any atom is 0.261 e. The summed E-state index contributed by atoms with van der Waals surface area (Å²) >= 11 is 11.9. The molecule has 0 heterocycles. The van der Waals surface area contributed by atoms with Crippen LogP contribution in [0.4, 0.5) is 0 Å². The molecule has 0 saturated heterocycles. The molecule has 0 aliphatic rings. The first-order chi connectivity index (χ1) is 14.4. The molecule has 2 aromatic carbocycles. The van der Waals surface area contributed by atoms with E-state index in [4.69, 9.17) is 27.9 Å². The molecule has 0 bridgehead atoms. The first-order valence-corrected chi connectivity index (χ1v) is 10.9. The molecule has 5 nitrogen and oxygen atoms in total. The Morgan fingerprint density at radius 1 is 1.00 bits per heavy atom. The van der Waals surface area contributed by atoms with Gasteiger partial charge in [0, 0.05) is 23.1 Å². The number of nitrogens with zero attached hydrogens (tertiary/aromatic N) is 1. The van der Waals surface area contributed by atoms with Crippen LogP contribution in [0.1, 0.15) is 38.7 Å². The van der Waals surface area contributed by atoms with Gasteiger partial charge in [-0.3, -0.25) is 9.59 Å². The number of ether oxygens (including phenoxy) is 1. The van der Waals surface area contributed by atoms with Crippen molar-refractivity contribution in [1.29, 1.82) is 0 Å². The molecule has 0 unspecified atom stereocenters. The van der Waals surface area contributed by atoms with E-state index in [1.165, 1.54) is 0 Å². The van der Waals surface area contributed by atoms with E-state index >= 15 is 0 Å². The smallest absolute Gasteiger partial charge is 0.261 e. The van der Waals surface area contributed by atoms with Gasteiger partial charge in [-0.2, -0.15) is 0 Å². The number of carbonyl (C=O) groups is 2. The van der Waals surface area contributed by atoms with Crippen LogP contribution >= 0.6 is 23.2 Å². The van der Waals surface area contributed by atoms with E-state index < -0.39 is 6.04 Å². The second kappa shape index (κ2) is 12.5. The van der Waals surface area contributed by atoms with E-state index in [9.17, 15) is 9.59 Å². The second-order valence-electron chi connectivity index (χ2n) is 6.96. The van der Waals surface area contributed by atoms with Gasteiger partial charge in [0.05, 0.1) is 0 Å². The third-order valence-electron chi connectivity index (χ3n) is 4.66. The lowest BCUT2D eigenvalue weighted by atomic mass is 10.1.